The molecule has 0 radical (unpaired) electrons. The smallest absolute Gasteiger partial charge is 0.263 e. The monoisotopic (exact) mass is 311 g/mol. The molecule has 0 spiro atoms. The molecule has 0 unspecified atom stereocenters. The van der Waals surface area contributed by atoms with Crippen molar-refractivity contribution in [1.29, 1.82) is 0 Å². The Morgan fingerprint density at radius 3 is 2.48 bits per heavy atom. The Balaban J connectivity index is 2.06. The van der Waals surface area contributed by atoms with Gasteiger partial charge >= 0.3 is 0 Å². The summed E-state index contributed by atoms with van der Waals surface area (Å²) in [6, 6.07) is 11.6. The second kappa shape index (κ2) is 7.27. The highest BCUT2D eigenvalue weighted by atomic mass is 35.5. The fraction of sp³-hybridized carbons (Fsp3) is 0.250. The summed E-state index contributed by atoms with van der Waals surface area (Å²) in [5, 5.41) is 3.81. The molecule has 0 heterocycles. The lowest BCUT2D eigenvalue weighted by Gasteiger charge is -2.13. The first kappa shape index (κ1) is 15.6. The third-order valence-electron chi connectivity index (χ3n) is 2.96. The number of hydrogen-bond acceptors (Lipinski definition) is 2. The van der Waals surface area contributed by atoms with E-state index in [9.17, 15) is 8.78 Å². The van der Waals surface area contributed by atoms with Crippen LogP contribution in [0.25, 0.3) is 0 Å². The lowest BCUT2D eigenvalue weighted by molar-refractivity contribution is 0.151. The van der Waals surface area contributed by atoms with Crippen LogP contribution in [0.5, 0.6) is 5.75 Å². The summed E-state index contributed by atoms with van der Waals surface area (Å²) in [5.74, 6) is 0.714. The van der Waals surface area contributed by atoms with Crippen LogP contribution in [-0.2, 0) is 6.54 Å². The number of anilines is 1. The standard InChI is InChI=1S/C16H16ClF2NO/c1-2-21-15-8-7-13(17)9-14(15)20-10-11-3-5-12(6-4-11)16(18)19/h3-9,16,20H,2,10H2,1H3. The minimum absolute atomic E-state index is 0.0245. The van der Waals surface area contributed by atoms with Crippen molar-refractivity contribution in [2.24, 2.45) is 0 Å². The second-order valence-electron chi connectivity index (χ2n) is 4.47. The van der Waals surface area contributed by atoms with Gasteiger partial charge in [-0.1, -0.05) is 35.9 Å². The van der Waals surface area contributed by atoms with Crippen molar-refractivity contribution >= 4 is 17.3 Å². The molecular formula is C16H16ClF2NO. The number of halogens is 3. The Morgan fingerprint density at radius 1 is 1.14 bits per heavy atom. The van der Waals surface area contributed by atoms with Crippen LogP contribution < -0.4 is 10.1 Å². The van der Waals surface area contributed by atoms with E-state index in [0.717, 1.165) is 11.3 Å². The highest BCUT2D eigenvalue weighted by Gasteiger charge is 2.07. The normalized spacial score (nSPS) is 10.7. The maximum absolute atomic E-state index is 12.5. The molecule has 0 aliphatic rings. The Kier molecular flexibility index (Phi) is 5.39. The average molecular weight is 312 g/mol. The molecule has 0 aliphatic heterocycles. The molecular weight excluding hydrogens is 296 g/mol. The number of nitrogens with one attached hydrogen (secondary N) is 1. The molecule has 21 heavy (non-hydrogen) atoms. The van der Waals surface area contributed by atoms with Crippen molar-refractivity contribution < 1.29 is 13.5 Å². The van der Waals surface area contributed by atoms with Gasteiger partial charge in [0.05, 0.1) is 12.3 Å². The number of hydrogen-bond donors (Lipinski definition) is 1. The minimum Gasteiger partial charge on any atom is -0.492 e. The quantitative estimate of drug-likeness (QED) is 0.782. The molecule has 0 fully saturated rings. The van der Waals surface area contributed by atoms with Crippen molar-refractivity contribution in [2.75, 3.05) is 11.9 Å². The number of benzene rings is 2. The van der Waals surface area contributed by atoms with Gasteiger partial charge in [0.25, 0.3) is 6.43 Å². The van der Waals surface area contributed by atoms with Gasteiger partial charge in [-0.2, -0.15) is 0 Å². The molecule has 2 nitrogen and oxygen atoms in total. The summed E-state index contributed by atoms with van der Waals surface area (Å²) in [6.45, 7) is 2.96. The van der Waals surface area contributed by atoms with Gasteiger partial charge in [-0.05, 0) is 30.7 Å². The number of ether oxygens (including phenoxy) is 1. The van der Waals surface area contributed by atoms with Crippen LogP contribution in [0.15, 0.2) is 42.5 Å². The molecule has 1 N–H and O–H groups in total. The summed E-state index contributed by atoms with van der Waals surface area (Å²) >= 11 is 5.98. The molecule has 112 valence electrons. The molecule has 2 aromatic rings. The molecule has 0 saturated carbocycles. The van der Waals surface area contributed by atoms with Gasteiger partial charge in [-0.3, -0.25) is 0 Å². The summed E-state index contributed by atoms with van der Waals surface area (Å²) in [5.41, 5.74) is 1.71. The topological polar surface area (TPSA) is 21.3 Å². The van der Waals surface area contributed by atoms with Gasteiger partial charge in [-0.25, -0.2) is 8.78 Å². The van der Waals surface area contributed by atoms with Gasteiger partial charge in [0.1, 0.15) is 5.75 Å². The van der Waals surface area contributed by atoms with Crippen LogP contribution in [0.1, 0.15) is 24.5 Å². The van der Waals surface area contributed by atoms with Gasteiger partial charge in [0.15, 0.2) is 0 Å². The molecule has 5 heteroatoms. The molecule has 0 aliphatic carbocycles. The van der Waals surface area contributed by atoms with E-state index in [1.54, 1.807) is 30.3 Å². The van der Waals surface area contributed by atoms with Crippen LogP contribution in [0.3, 0.4) is 0 Å². The van der Waals surface area contributed by atoms with E-state index in [2.05, 4.69) is 5.32 Å². The fourth-order valence-electron chi connectivity index (χ4n) is 1.90. The SMILES string of the molecule is CCOc1ccc(Cl)cc1NCc1ccc(C(F)F)cc1. The van der Waals surface area contributed by atoms with Gasteiger partial charge < -0.3 is 10.1 Å². The van der Waals surface area contributed by atoms with E-state index < -0.39 is 6.43 Å². The highest BCUT2D eigenvalue weighted by molar-refractivity contribution is 6.30. The second-order valence-corrected chi connectivity index (χ2v) is 4.91. The van der Waals surface area contributed by atoms with E-state index in [0.29, 0.717) is 23.9 Å². The van der Waals surface area contributed by atoms with E-state index in [4.69, 9.17) is 16.3 Å². The van der Waals surface area contributed by atoms with E-state index in [1.807, 2.05) is 6.92 Å². The zero-order valence-electron chi connectivity index (χ0n) is 11.6. The third-order valence-corrected chi connectivity index (χ3v) is 3.19. The maximum Gasteiger partial charge on any atom is 0.263 e. The van der Waals surface area contributed by atoms with Crippen LogP contribution in [-0.4, -0.2) is 6.61 Å². The van der Waals surface area contributed by atoms with E-state index in [1.165, 1.54) is 12.1 Å². The van der Waals surface area contributed by atoms with Crippen LogP contribution in [0.4, 0.5) is 14.5 Å². The summed E-state index contributed by atoms with van der Waals surface area (Å²) in [4.78, 5) is 0. The van der Waals surface area contributed by atoms with Crippen LogP contribution in [0.2, 0.25) is 5.02 Å². The summed E-state index contributed by atoms with van der Waals surface area (Å²) in [6.07, 6.45) is -2.44. The van der Waals surface area contributed by atoms with Crippen molar-refractivity contribution in [3.05, 3.63) is 58.6 Å². The zero-order valence-corrected chi connectivity index (χ0v) is 12.3. The first-order valence-corrected chi connectivity index (χ1v) is 7.01. The van der Waals surface area contributed by atoms with Crippen molar-refractivity contribution in [3.63, 3.8) is 0 Å². The molecule has 2 rings (SSSR count). The van der Waals surface area contributed by atoms with Gasteiger partial charge in [-0.15, -0.1) is 0 Å². The highest BCUT2D eigenvalue weighted by Crippen LogP contribution is 2.28. The van der Waals surface area contributed by atoms with Crippen LogP contribution >= 0.6 is 11.6 Å². The molecule has 0 aromatic heterocycles. The Morgan fingerprint density at radius 2 is 1.86 bits per heavy atom. The maximum atomic E-state index is 12.5. The predicted molar refractivity (Wildman–Crippen MR) is 81.3 cm³/mol. The van der Waals surface area contributed by atoms with Crippen molar-refractivity contribution in [3.8, 4) is 5.75 Å². The largest absolute Gasteiger partial charge is 0.492 e. The van der Waals surface area contributed by atoms with Gasteiger partial charge in [0.2, 0.25) is 0 Å². The van der Waals surface area contributed by atoms with E-state index in [-0.39, 0.29) is 5.56 Å². The zero-order chi connectivity index (χ0) is 15.2. The third kappa shape index (κ3) is 4.33. The Bertz CT molecular complexity index is 587. The predicted octanol–water partition coefficient (Wildman–Crippen LogP) is 5.29. The average Bonchev–Trinajstić information content (AvgIpc) is 2.48. The molecule has 0 bridgehead atoms. The Hall–Kier alpha value is -1.81. The van der Waals surface area contributed by atoms with Crippen molar-refractivity contribution in [2.45, 2.75) is 19.9 Å². The molecule has 2 aromatic carbocycles. The van der Waals surface area contributed by atoms with Gasteiger partial charge in [0, 0.05) is 17.1 Å². The summed E-state index contributed by atoms with van der Waals surface area (Å²) < 4.78 is 30.5. The lowest BCUT2D eigenvalue weighted by Crippen LogP contribution is -2.03. The molecule has 0 atom stereocenters. The van der Waals surface area contributed by atoms with E-state index >= 15 is 0 Å². The molecule has 0 amide bonds. The van der Waals surface area contributed by atoms with Crippen LogP contribution in [0, 0.1) is 0 Å². The first-order chi connectivity index (χ1) is 10.1. The van der Waals surface area contributed by atoms with Crippen molar-refractivity contribution in [1.82, 2.24) is 0 Å². The first-order valence-electron chi connectivity index (χ1n) is 6.63. The lowest BCUT2D eigenvalue weighted by atomic mass is 10.1. The minimum atomic E-state index is -2.44. The summed E-state index contributed by atoms with van der Waals surface area (Å²) in [7, 11) is 0. The number of rotatable bonds is 6. The fourth-order valence-corrected chi connectivity index (χ4v) is 2.07. The Labute approximate surface area is 127 Å². The molecule has 0 saturated heterocycles. The number of alkyl halides is 2.